The maximum atomic E-state index is 12.4. The number of hydrogen-bond acceptors (Lipinski definition) is 5. The van der Waals surface area contributed by atoms with Crippen LogP contribution in [0, 0.1) is 0 Å². The second-order valence-electron chi connectivity index (χ2n) is 6.69. The largest absolute Gasteiger partial charge is 0.423 e. The highest BCUT2D eigenvalue weighted by Gasteiger charge is 2.36. The molecule has 1 aliphatic rings. The third-order valence-corrected chi connectivity index (χ3v) is 4.92. The average Bonchev–Trinajstić information content (AvgIpc) is 2.99. The van der Waals surface area contributed by atoms with Gasteiger partial charge in [-0.05, 0) is 42.5 Å². The number of nitrogens with one attached hydrogen (secondary N) is 1. The van der Waals surface area contributed by atoms with E-state index in [1.807, 2.05) is 0 Å². The zero-order chi connectivity index (χ0) is 22.0. The fourth-order valence-electron chi connectivity index (χ4n) is 3.14. The van der Waals surface area contributed by atoms with Gasteiger partial charge in [0.25, 0.3) is 11.8 Å². The first-order chi connectivity index (χ1) is 14.9. The Kier molecular flexibility index (Phi) is 5.51. The Morgan fingerprint density at radius 2 is 1.48 bits per heavy atom. The SMILES string of the molecule is O=C(CN1C(=O)c2ccccc2C1=O)Nc1ccc(C(=O)Oc2ccccc2)c(Cl)c1. The van der Waals surface area contributed by atoms with Crippen molar-refractivity contribution in [3.63, 3.8) is 0 Å². The zero-order valence-electron chi connectivity index (χ0n) is 16.0. The summed E-state index contributed by atoms with van der Waals surface area (Å²) < 4.78 is 5.25. The summed E-state index contributed by atoms with van der Waals surface area (Å²) >= 11 is 6.18. The molecule has 0 radical (unpaired) electrons. The second kappa shape index (κ2) is 8.41. The van der Waals surface area contributed by atoms with Crippen LogP contribution in [0.3, 0.4) is 0 Å². The van der Waals surface area contributed by atoms with Gasteiger partial charge in [-0.1, -0.05) is 41.9 Å². The molecule has 3 aromatic carbocycles. The number of para-hydroxylation sites is 1. The van der Waals surface area contributed by atoms with Crippen molar-refractivity contribution in [2.45, 2.75) is 0 Å². The van der Waals surface area contributed by atoms with E-state index in [2.05, 4.69) is 5.32 Å². The lowest BCUT2D eigenvalue weighted by molar-refractivity contribution is -0.116. The van der Waals surface area contributed by atoms with E-state index in [0.717, 1.165) is 4.90 Å². The highest BCUT2D eigenvalue weighted by molar-refractivity contribution is 6.34. The standard InChI is InChI=1S/C23H15ClN2O5/c24-19-12-14(10-11-18(19)23(30)31-15-6-2-1-3-7-15)25-20(27)13-26-21(28)16-8-4-5-9-17(16)22(26)29/h1-12H,13H2,(H,25,27). The molecule has 0 spiro atoms. The summed E-state index contributed by atoms with van der Waals surface area (Å²) in [5.41, 5.74) is 0.973. The number of ether oxygens (including phenoxy) is 1. The number of carbonyl (C=O) groups excluding carboxylic acids is 4. The summed E-state index contributed by atoms with van der Waals surface area (Å²) in [6, 6.07) is 19.2. The number of halogens is 1. The van der Waals surface area contributed by atoms with Crippen LogP contribution in [0.5, 0.6) is 5.75 Å². The molecule has 0 bridgehead atoms. The molecular formula is C23H15ClN2O5. The van der Waals surface area contributed by atoms with E-state index in [4.69, 9.17) is 16.3 Å². The van der Waals surface area contributed by atoms with Crippen molar-refractivity contribution in [3.8, 4) is 5.75 Å². The summed E-state index contributed by atoms with van der Waals surface area (Å²) in [5.74, 6) is -1.88. The Bertz CT molecular complexity index is 1170. The van der Waals surface area contributed by atoms with Gasteiger partial charge in [0.1, 0.15) is 12.3 Å². The maximum absolute atomic E-state index is 12.4. The van der Waals surface area contributed by atoms with Crippen LogP contribution in [0.1, 0.15) is 31.1 Å². The minimum Gasteiger partial charge on any atom is -0.423 e. The molecule has 4 rings (SSSR count). The molecule has 0 fully saturated rings. The zero-order valence-corrected chi connectivity index (χ0v) is 16.8. The lowest BCUT2D eigenvalue weighted by Crippen LogP contribution is -2.37. The molecule has 154 valence electrons. The van der Waals surface area contributed by atoms with E-state index in [1.165, 1.54) is 18.2 Å². The summed E-state index contributed by atoms with van der Waals surface area (Å²) in [6.45, 7) is -0.443. The highest BCUT2D eigenvalue weighted by Crippen LogP contribution is 2.24. The normalized spacial score (nSPS) is 12.5. The van der Waals surface area contributed by atoms with E-state index in [0.29, 0.717) is 11.4 Å². The quantitative estimate of drug-likeness (QED) is 0.374. The van der Waals surface area contributed by atoms with E-state index in [9.17, 15) is 19.2 Å². The molecule has 3 amide bonds. The van der Waals surface area contributed by atoms with Crippen molar-refractivity contribution in [1.29, 1.82) is 0 Å². The van der Waals surface area contributed by atoms with Crippen LogP contribution in [-0.4, -0.2) is 35.1 Å². The molecule has 1 heterocycles. The summed E-state index contributed by atoms with van der Waals surface area (Å²) in [4.78, 5) is 50.3. The summed E-state index contributed by atoms with van der Waals surface area (Å²) in [5, 5.41) is 2.65. The third kappa shape index (κ3) is 4.17. The number of benzene rings is 3. The number of esters is 1. The van der Waals surface area contributed by atoms with Gasteiger partial charge in [-0.3, -0.25) is 19.3 Å². The smallest absolute Gasteiger partial charge is 0.345 e. The number of anilines is 1. The second-order valence-corrected chi connectivity index (χ2v) is 7.09. The molecule has 7 nitrogen and oxygen atoms in total. The highest BCUT2D eigenvalue weighted by atomic mass is 35.5. The summed E-state index contributed by atoms with van der Waals surface area (Å²) in [6.07, 6.45) is 0. The number of rotatable bonds is 5. The Labute approximate surface area is 182 Å². The number of amides is 3. The van der Waals surface area contributed by atoms with Crippen LogP contribution in [0.4, 0.5) is 5.69 Å². The van der Waals surface area contributed by atoms with Crippen LogP contribution >= 0.6 is 11.6 Å². The van der Waals surface area contributed by atoms with Gasteiger partial charge in [0.05, 0.1) is 21.7 Å². The predicted octanol–water partition coefficient (Wildman–Crippen LogP) is 3.79. The predicted molar refractivity (Wildman–Crippen MR) is 113 cm³/mol. The Morgan fingerprint density at radius 1 is 0.871 bits per heavy atom. The minimum absolute atomic E-state index is 0.0828. The van der Waals surface area contributed by atoms with E-state index < -0.39 is 30.2 Å². The van der Waals surface area contributed by atoms with Gasteiger partial charge in [-0.2, -0.15) is 0 Å². The topological polar surface area (TPSA) is 92.8 Å². The molecule has 3 aromatic rings. The molecule has 0 aliphatic carbocycles. The van der Waals surface area contributed by atoms with Gasteiger partial charge in [0.2, 0.25) is 5.91 Å². The Morgan fingerprint density at radius 3 is 2.10 bits per heavy atom. The van der Waals surface area contributed by atoms with Crippen molar-refractivity contribution < 1.29 is 23.9 Å². The number of imide groups is 1. The van der Waals surface area contributed by atoms with Crippen LogP contribution in [-0.2, 0) is 4.79 Å². The van der Waals surface area contributed by atoms with Crippen molar-refractivity contribution in [2.24, 2.45) is 0 Å². The molecular weight excluding hydrogens is 420 g/mol. The number of fused-ring (bicyclic) bond motifs is 1. The minimum atomic E-state index is -0.639. The Hall–Kier alpha value is -3.97. The lowest BCUT2D eigenvalue weighted by Gasteiger charge is -2.14. The van der Waals surface area contributed by atoms with Crippen molar-refractivity contribution in [3.05, 3.63) is 94.5 Å². The Balaban J connectivity index is 1.41. The fraction of sp³-hybridized carbons (Fsp3) is 0.0435. The van der Waals surface area contributed by atoms with E-state index >= 15 is 0 Å². The molecule has 1 N–H and O–H groups in total. The molecule has 31 heavy (non-hydrogen) atoms. The molecule has 0 saturated heterocycles. The van der Waals surface area contributed by atoms with Gasteiger partial charge in [-0.25, -0.2) is 4.79 Å². The van der Waals surface area contributed by atoms with Crippen LogP contribution in [0.2, 0.25) is 5.02 Å². The molecule has 0 atom stereocenters. The van der Waals surface area contributed by atoms with Crippen molar-refractivity contribution in [1.82, 2.24) is 4.90 Å². The molecule has 0 unspecified atom stereocenters. The van der Waals surface area contributed by atoms with E-state index in [-0.39, 0.29) is 21.7 Å². The maximum Gasteiger partial charge on any atom is 0.345 e. The number of carbonyl (C=O) groups is 4. The fourth-order valence-corrected chi connectivity index (χ4v) is 3.39. The number of nitrogens with zero attached hydrogens (tertiary/aromatic N) is 1. The first-order valence-corrected chi connectivity index (χ1v) is 9.63. The lowest BCUT2D eigenvalue weighted by atomic mass is 10.1. The van der Waals surface area contributed by atoms with Gasteiger partial charge >= 0.3 is 5.97 Å². The number of hydrogen-bond donors (Lipinski definition) is 1. The van der Waals surface area contributed by atoms with Gasteiger partial charge in [-0.15, -0.1) is 0 Å². The molecule has 0 saturated carbocycles. The van der Waals surface area contributed by atoms with Gasteiger partial charge in [0, 0.05) is 5.69 Å². The molecule has 0 aromatic heterocycles. The van der Waals surface area contributed by atoms with Crippen molar-refractivity contribution >= 4 is 41.0 Å². The van der Waals surface area contributed by atoms with Gasteiger partial charge < -0.3 is 10.1 Å². The van der Waals surface area contributed by atoms with Crippen LogP contribution < -0.4 is 10.1 Å². The first kappa shape index (κ1) is 20.3. The van der Waals surface area contributed by atoms with E-state index in [1.54, 1.807) is 54.6 Å². The molecule has 1 aliphatic heterocycles. The average molecular weight is 435 g/mol. The van der Waals surface area contributed by atoms with Gasteiger partial charge in [0.15, 0.2) is 0 Å². The first-order valence-electron chi connectivity index (χ1n) is 9.26. The van der Waals surface area contributed by atoms with Crippen molar-refractivity contribution in [2.75, 3.05) is 11.9 Å². The van der Waals surface area contributed by atoms with Crippen LogP contribution in [0.25, 0.3) is 0 Å². The molecule has 8 heteroatoms. The summed E-state index contributed by atoms with van der Waals surface area (Å²) in [7, 11) is 0. The monoisotopic (exact) mass is 434 g/mol. The van der Waals surface area contributed by atoms with Crippen LogP contribution in [0.15, 0.2) is 72.8 Å². The third-order valence-electron chi connectivity index (χ3n) is 4.61.